The van der Waals surface area contributed by atoms with Crippen LogP contribution in [-0.2, 0) is 30.3 Å². The van der Waals surface area contributed by atoms with Gasteiger partial charge in [-0.1, -0.05) is 91.5 Å². The third kappa shape index (κ3) is 7.15. The van der Waals surface area contributed by atoms with E-state index in [0.29, 0.717) is 0 Å². The number of allylic oxidation sites excluding steroid dienone is 2. The number of ketones is 1. The Morgan fingerprint density at radius 2 is 1.56 bits per heavy atom. The fraction of sp³-hybridized carbons (Fsp3) is 0.390. The van der Waals surface area contributed by atoms with Crippen LogP contribution in [-0.4, -0.2) is 20.9 Å². The molecule has 0 fully saturated rings. The van der Waals surface area contributed by atoms with Crippen LogP contribution in [0.5, 0.6) is 0 Å². The van der Waals surface area contributed by atoms with Crippen LogP contribution in [0.15, 0.2) is 77.4 Å². The van der Waals surface area contributed by atoms with Gasteiger partial charge in [0, 0.05) is 63.6 Å². The normalized spacial score (nSPS) is 12.7. The number of aliphatic hydroxyl groups excluding tert-OH is 1. The van der Waals surface area contributed by atoms with Gasteiger partial charge in [-0.2, -0.15) is 0 Å². The number of thiophene rings is 1. The maximum atomic E-state index is 12.2. The van der Waals surface area contributed by atoms with Crippen LogP contribution in [0.25, 0.3) is 53.3 Å². The summed E-state index contributed by atoms with van der Waals surface area (Å²) in [5.74, 6) is 0.286. The summed E-state index contributed by atoms with van der Waals surface area (Å²) in [4.78, 5) is 22.5. The van der Waals surface area contributed by atoms with Crippen LogP contribution in [0, 0.1) is 16.9 Å². The van der Waals surface area contributed by atoms with E-state index in [4.69, 9.17) is 9.40 Å². The summed E-state index contributed by atoms with van der Waals surface area (Å²) in [5, 5.41) is 15.8. The zero-order valence-electron chi connectivity index (χ0n) is 29.6. The molecule has 0 amide bonds. The van der Waals surface area contributed by atoms with Gasteiger partial charge in [0.25, 0.3) is 0 Å². The fourth-order valence-electron chi connectivity index (χ4n) is 5.93. The molecule has 6 rings (SSSR count). The van der Waals surface area contributed by atoms with Gasteiger partial charge in [-0.05, 0) is 49.3 Å². The second kappa shape index (κ2) is 14.6. The minimum absolute atomic E-state index is 0. The van der Waals surface area contributed by atoms with E-state index < -0.39 is 0 Å². The number of fused-ring (bicyclic) bond motifs is 5. The summed E-state index contributed by atoms with van der Waals surface area (Å²) in [5.41, 5.74) is 3.52. The van der Waals surface area contributed by atoms with Crippen molar-refractivity contribution in [1.29, 1.82) is 0 Å². The van der Waals surface area contributed by atoms with Crippen molar-refractivity contribution in [3.8, 4) is 11.3 Å². The van der Waals surface area contributed by atoms with Gasteiger partial charge in [0.15, 0.2) is 5.78 Å². The van der Waals surface area contributed by atoms with Crippen molar-refractivity contribution >= 4 is 59.2 Å². The van der Waals surface area contributed by atoms with E-state index >= 15 is 0 Å². The summed E-state index contributed by atoms with van der Waals surface area (Å²) in [6.07, 6.45) is 8.15. The molecule has 3 heterocycles. The molecule has 5 nitrogen and oxygen atoms in total. The molecule has 6 aromatic rings. The number of carbonyl (C=O) groups is 1. The number of furan rings is 1. The summed E-state index contributed by atoms with van der Waals surface area (Å²) in [6.45, 7) is 18.8. The minimum atomic E-state index is -0.337. The molecule has 7 heteroatoms. The number of aliphatic hydroxyl groups is 1. The molecule has 0 unspecified atom stereocenters. The van der Waals surface area contributed by atoms with Crippen molar-refractivity contribution in [1.82, 2.24) is 9.97 Å². The molecule has 0 aliphatic heterocycles. The van der Waals surface area contributed by atoms with Gasteiger partial charge in [-0.25, -0.2) is 4.98 Å². The second-order valence-electron chi connectivity index (χ2n) is 14.1. The van der Waals surface area contributed by atoms with E-state index in [1.54, 1.807) is 23.9 Å². The first-order valence-corrected chi connectivity index (χ1v) is 17.6. The van der Waals surface area contributed by atoms with Gasteiger partial charge in [-0.3, -0.25) is 9.78 Å². The molecule has 0 saturated heterocycles. The van der Waals surface area contributed by atoms with Crippen molar-refractivity contribution in [3.05, 3.63) is 84.6 Å². The van der Waals surface area contributed by atoms with Crippen LogP contribution < -0.4 is 0 Å². The van der Waals surface area contributed by atoms with E-state index in [2.05, 4.69) is 74.3 Å². The Morgan fingerprint density at radius 1 is 0.896 bits per heavy atom. The number of hydrogen-bond donors (Lipinski definition) is 1. The average molecular weight is 840 g/mol. The second-order valence-corrected chi connectivity index (χ2v) is 15.2. The van der Waals surface area contributed by atoms with Gasteiger partial charge in [0.2, 0.25) is 0 Å². The topological polar surface area (TPSA) is 76.2 Å². The zero-order valence-corrected chi connectivity index (χ0v) is 32.8. The summed E-state index contributed by atoms with van der Waals surface area (Å²) in [7, 11) is 0. The molecular weight excluding hydrogens is 793 g/mol. The first-order chi connectivity index (χ1) is 22.3. The van der Waals surface area contributed by atoms with Crippen LogP contribution in [0.4, 0.5) is 0 Å². The Labute approximate surface area is 302 Å². The van der Waals surface area contributed by atoms with Crippen LogP contribution >= 0.6 is 11.3 Å². The average Bonchev–Trinajstić information content (AvgIpc) is 3.69. The Kier molecular flexibility index (Phi) is 11.4. The molecule has 3 aromatic carbocycles. The largest absolute Gasteiger partial charge is 0.512 e. The maximum absolute atomic E-state index is 12.2. The van der Waals surface area contributed by atoms with Crippen LogP contribution in [0.3, 0.4) is 0 Å². The van der Waals surface area contributed by atoms with E-state index in [0.717, 1.165) is 68.9 Å². The molecule has 0 atom stereocenters. The number of rotatable bonds is 8. The predicted molar refractivity (Wildman–Crippen MR) is 198 cm³/mol. The van der Waals surface area contributed by atoms with Crippen molar-refractivity contribution in [2.75, 3.05) is 0 Å². The number of benzene rings is 3. The SMILES string of the molecule is CC(C)(C)c1cc(-c2ncnc3sc4cc5ccoc5cc4c23)[c-]c2ccccc12.CCC(C)(CC)C(=O)/C=C(\O)C(C)(CC)CC.[Ir]. The Bertz CT molecular complexity index is 2090. The smallest absolute Gasteiger partial charge is 0.164 e. The fourth-order valence-corrected chi connectivity index (χ4v) is 7.00. The van der Waals surface area contributed by atoms with E-state index in [1.807, 2.05) is 47.6 Å². The predicted octanol–water partition coefficient (Wildman–Crippen LogP) is 12.2. The molecule has 0 spiro atoms. The van der Waals surface area contributed by atoms with E-state index in [9.17, 15) is 9.90 Å². The number of carbonyl (C=O) groups excluding carboxylic acids is 1. The molecule has 255 valence electrons. The third-order valence-corrected chi connectivity index (χ3v) is 11.3. The molecule has 0 saturated carbocycles. The quantitative estimate of drug-likeness (QED) is 0.0938. The Morgan fingerprint density at radius 3 is 2.21 bits per heavy atom. The van der Waals surface area contributed by atoms with Crippen LogP contribution in [0.1, 0.15) is 93.6 Å². The van der Waals surface area contributed by atoms with Crippen molar-refractivity contribution in [2.45, 2.75) is 93.4 Å². The Hall–Kier alpha value is -3.38. The molecule has 1 N–H and O–H groups in total. The monoisotopic (exact) mass is 840 g/mol. The van der Waals surface area contributed by atoms with Crippen molar-refractivity contribution in [3.63, 3.8) is 0 Å². The maximum Gasteiger partial charge on any atom is 0.164 e. The van der Waals surface area contributed by atoms with E-state index in [-0.39, 0.29) is 47.9 Å². The molecular formula is C41H47IrN2O3S-. The number of aromatic nitrogens is 2. The van der Waals surface area contributed by atoms with Gasteiger partial charge in [0.05, 0.1) is 6.26 Å². The summed E-state index contributed by atoms with van der Waals surface area (Å²) in [6, 6.07) is 20.6. The molecule has 0 aliphatic rings. The molecule has 48 heavy (non-hydrogen) atoms. The minimum Gasteiger partial charge on any atom is -0.512 e. The van der Waals surface area contributed by atoms with Gasteiger partial charge < -0.3 is 9.52 Å². The standard InChI is InChI=1S/C26H19N2OS.C15H28O2.Ir/c1-26(2,3)20-11-17(10-15-6-4-5-7-18(15)20)24-23-19-13-21-16(8-9-29-21)12-22(19)30-25(23)28-14-27-24;1-7-14(5,8-2)12(16)11-13(17)15(6,9-3)10-4;/h4-9,11-14H,1-3H3;11,16H,7-10H2,1-6H3;/q-1;;/b;12-11-;. The molecule has 3 aromatic heterocycles. The van der Waals surface area contributed by atoms with E-state index in [1.165, 1.54) is 21.7 Å². The van der Waals surface area contributed by atoms with Crippen molar-refractivity contribution in [2.24, 2.45) is 10.8 Å². The Balaban J connectivity index is 0.000000251. The summed E-state index contributed by atoms with van der Waals surface area (Å²) >= 11 is 1.70. The molecule has 0 aliphatic carbocycles. The number of hydrogen-bond acceptors (Lipinski definition) is 6. The third-order valence-electron chi connectivity index (χ3n) is 10.3. The first kappa shape index (κ1) is 37.4. The van der Waals surface area contributed by atoms with Gasteiger partial charge in [0.1, 0.15) is 22.5 Å². The van der Waals surface area contributed by atoms with Crippen molar-refractivity contribution < 1.29 is 34.4 Å². The number of nitrogens with zero attached hydrogens (tertiary/aromatic N) is 2. The zero-order chi connectivity index (χ0) is 34.1. The van der Waals surface area contributed by atoms with Gasteiger partial charge in [-0.15, -0.1) is 40.5 Å². The molecule has 0 bridgehead atoms. The van der Waals surface area contributed by atoms with Gasteiger partial charge >= 0.3 is 0 Å². The molecule has 1 radical (unpaired) electrons. The van der Waals surface area contributed by atoms with Crippen LogP contribution in [0.2, 0.25) is 0 Å². The summed E-state index contributed by atoms with van der Waals surface area (Å²) < 4.78 is 6.86. The first-order valence-electron chi connectivity index (χ1n) is 16.7.